The van der Waals surface area contributed by atoms with E-state index in [0.717, 1.165) is 11.3 Å². The summed E-state index contributed by atoms with van der Waals surface area (Å²) in [4.78, 5) is 15.6. The highest BCUT2D eigenvalue weighted by Crippen LogP contribution is 2.35. The van der Waals surface area contributed by atoms with Crippen LogP contribution >= 0.6 is 0 Å². The Labute approximate surface area is 87.8 Å². The van der Waals surface area contributed by atoms with Crippen LogP contribution in [0.5, 0.6) is 0 Å². The first kappa shape index (κ1) is 9.65. The Kier molecular flexibility index (Phi) is 2.15. The first-order valence-electron chi connectivity index (χ1n) is 4.72. The van der Waals surface area contributed by atoms with Gasteiger partial charge in [-0.3, -0.25) is 9.78 Å². The topological polar surface area (TPSA) is 50.2 Å². The van der Waals surface area contributed by atoms with Crippen molar-refractivity contribution >= 4 is 11.4 Å². The van der Waals surface area contributed by atoms with Crippen LogP contribution in [0.15, 0.2) is 35.7 Å². The summed E-state index contributed by atoms with van der Waals surface area (Å²) in [6.07, 6.45) is 3.25. The molecule has 0 aliphatic heterocycles. The van der Waals surface area contributed by atoms with Crippen molar-refractivity contribution in [3.8, 4) is 0 Å². The van der Waals surface area contributed by atoms with Crippen molar-refractivity contribution in [3.05, 3.63) is 47.0 Å². The van der Waals surface area contributed by atoms with Gasteiger partial charge < -0.3 is 5.11 Å². The molecule has 0 aromatic carbocycles. The molecule has 3 heteroatoms. The van der Waals surface area contributed by atoms with Crippen LogP contribution in [0.3, 0.4) is 0 Å². The number of hydrogen-bond donors (Lipinski definition) is 1. The van der Waals surface area contributed by atoms with Crippen molar-refractivity contribution in [2.75, 3.05) is 0 Å². The van der Waals surface area contributed by atoms with Crippen LogP contribution in [-0.4, -0.2) is 15.9 Å². The van der Waals surface area contributed by atoms with Crippen LogP contribution < -0.4 is 0 Å². The summed E-state index contributed by atoms with van der Waals surface area (Å²) >= 11 is 0. The number of aromatic nitrogens is 1. The molecule has 0 radical (unpaired) electrons. The molecule has 0 amide bonds. The Bertz CT molecular complexity index is 498. The molecule has 0 saturated heterocycles. The summed E-state index contributed by atoms with van der Waals surface area (Å²) in [6.45, 7) is 3.58. The zero-order valence-electron chi connectivity index (χ0n) is 8.61. The summed E-state index contributed by atoms with van der Waals surface area (Å²) in [5.41, 5.74) is 2.36. The minimum atomic E-state index is -0.0967. The van der Waals surface area contributed by atoms with E-state index >= 15 is 0 Å². The number of rotatable bonds is 1. The first-order chi connectivity index (χ1) is 7.15. The summed E-state index contributed by atoms with van der Waals surface area (Å²) in [7, 11) is 0. The highest BCUT2D eigenvalue weighted by molar-refractivity contribution is 6.38. The van der Waals surface area contributed by atoms with Gasteiger partial charge in [0.2, 0.25) is 5.78 Å². The van der Waals surface area contributed by atoms with Gasteiger partial charge in [-0.2, -0.15) is 0 Å². The number of allylic oxidation sites excluding steroid dienone is 3. The lowest BCUT2D eigenvalue weighted by Crippen LogP contribution is -2.20. The Morgan fingerprint density at radius 3 is 2.73 bits per heavy atom. The number of carbonyl (C=O) groups excluding carboxylic acids is 1. The molecule has 0 spiro atoms. The van der Waals surface area contributed by atoms with E-state index in [1.165, 1.54) is 0 Å². The largest absolute Gasteiger partial charge is 0.506 e. The Hall–Kier alpha value is -1.90. The molecule has 1 aromatic heterocycles. The van der Waals surface area contributed by atoms with Crippen molar-refractivity contribution in [1.29, 1.82) is 0 Å². The van der Waals surface area contributed by atoms with E-state index in [9.17, 15) is 9.90 Å². The molecule has 0 bridgehead atoms. The van der Waals surface area contributed by atoms with Gasteiger partial charge in [-0.05, 0) is 31.5 Å². The van der Waals surface area contributed by atoms with Crippen molar-refractivity contribution in [3.63, 3.8) is 0 Å². The maximum atomic E-state index is 11.6. The molecule has 0 unspecified atom stereocenters. The van der Waals surface area contributed by atoms with E-state index in [4.69, 9.17) is 0 Å². The third-order valence-corrected chi connectivity index (χ3v) is 2.44. The fourth-order valence-corrected chi connectivity index (χ4v) is 1.66. The van der Waals surface area contributed by atoms with Gasteiger partial charge in [0.15, 0.2) is 0 Å². The van der Waals surface area contributed by atoms with Gasteiger partial charge >= 0.3 is 0 Å². The van der Waals surface area contributed by atoms with Crippen molar-refractivity contribution in [2.45, 2.75) is 13.8 Å². The molecule has 3 nitrogen and oxygen atoms in total. The van der Waals surface area contributed by atoms with Crippen molar-refractivity contribution in [2.24, 2.45) is 0 Å². The van der Waals surface area contributed by atoms with E-state index in [2.05, 4.69) is 4.98 Å². The fourth-order valence-electron chi connectivity index (χ4n) is 1.66. The predicted octanol–water partition coefficient (Wildman–Crippen LogP) is 2.19. The third kappa shape index (κ3) is 1.36. The normalized spacial score (nSPS) is 18.3. The first-order valence-corrected chi connectivity index (χ1v) is 4.72. The number of hydrogen-bond acceptors (Lipinski definition) is 3. The summed E-state index contributed by atoms with van der Waals surface area (Å²) in [6, 6.07) is 3.51. The molecular weight excluding hydrogens is 190 g/mol. The molecule has 0 fully saturated rings. The van der Waals surface area contributed by atoms with Crippen LogP contribution in [0.25, 0.3) is 5.57 Å². The predicted molar refractivity (Wildman–Crippen MR) is 57.3 cm³/mol. The molecule has 1 aliphatic rings. The average Bonchev–Trinajstić information content (AvgIpc) is 2.18. The molecule has 0 saturated carbocycles. The number of carbonyl (C=O) groups is 1. The van der Waals surface area contributed by atoms with Crippen LogP contribution in [0.2, 0.25) is 0 Å². The number of aliphatic hydroxyl groups excluding tert-OH is 1. The second-order valence-electron chi connectivity index (χ2n) is 3.44. The van der Waals surface area contributed by atoms with E-state index < -0.39 is 0 Å². The van der Waals surface area contributed by atoms with Crippen LogP contribution in [0, 0.1) is 6.92 Å². The summed E-state index contributed by atoms with van der Waals surface area (Å²) in [5.74, 6) is -0.00583. The fraction of sp³-hybridized carbons (Fsp3) is 0.167. The number of aryl methyl sites for hydroxylation is 1. The van der Waals surface area contributed by atoms with Crippen LogP contribution in [0.1, 0.15) is 18.2 Å². The van der Waals surface area contributed by atoms with Crippen molar-refractivity contribution in [1.82, 2.24) is 4.98 Å². The Morgan fingerprint density at radius 2 is 2.20 bits per heavy atom. The zero-order chi connectivity index (χ0) is 11.0. The molecule has 15 heavy (non-hydrogen) atoms. The van der Waals surface area contributed by atoms with Crippen LogP contribution in [-0.2, 0) is 4.79 Å². The third-order valence-electron chi connectivity index (χ3n) is 2.44. The van der Waals surface area contributed by atoms with Gasteiger partial charge in [0.25, 0.3) is 0 Å². The Morgan fingerprint density at radius 1 is 1.47 bits per heavy atom. The van der Waals surface area contributed by atoms with E-state index in [1.54, 1.807) is 31.3 Å². The van der Waals surface area contributed by atoms with Gasteiger partial charge in [0.1, 0.15) is 5.76 Å². The lowest BCUT2D eigenvalue weighted by atomic mass is 9.83. The maximum absolute atomic E-state index is 11.6. The SMILES string of the molecule is CC=C1C(=O)C(c2ccnc(C)c2)=C1O. The molecule has 1 aromatic rings. The molecule has 1 heterocycles. The molecule has 76 valence electrons. The van der Waals surface area contributed by atoms with Gasteiger partial charge in [-0.25, -0.2) is 0 Å². The second-order valence-corrected chi connectivity index (χ2v) is 3.44. The minimum absolute atomic E-state index is 0.0908. The summed E-state index contributed by atoms with van der Waals surface area (Å²) < 4.78 is 0. The zero-order valence-corrected chi connectivity index (χ0v) is 8.61. The number of nitrogens with zero attached hydrogens (tertiary/aromatic N) is 1. The molecular formula is C12H11NO2. The number of pyridine rings is 1. The standard InChI is InChI=1S/C12H11NO2/c1-3-9-11(14)10(12(9)15)8-4-5-13-7(2)6-8/h3-6,14H,1-2H3. The number of ketones is 1. The molecule has 0 atom stereocenters. The number of aliphatic hydroxyl groups is 1. The Balaban J connectivity index is 2.51. The average molecular weight is 201 g/mol. The lowest BCUT2D eigenvalue weighted by molar-refractivity contribution is -0.111. The van der Waals surface area contributed by atoms with Gasteiger partial charge in [0.05, 0.1) is 11.1 Å². The quantitative estimate of drug-likeness (QED) is 0.708. The second kappa shape index (κ2) is 3.35. The maximum Gasteiger partial charge on any atom is 0.200 e. The van der Waals surface area contributed by atoms with Gasteiger partial charge in [0, 0.05) is 11.9 Å². The molecule has 1 aliphatic carbocycles. The van der Waals surface area contributed by atoms with Gasteiger partial charge in [-0.15, -0.1) is 0 Å². The van der Waals surface area contributed by atoms with Crippen LogP contribution in [0.4, 0.5) is 0 Å². The van der Waals surface area contributed by atoms with E-state index in [-0.39, 0.29) is 11.5 Å². The highest BCUT2D eigenvalue weighted by Gasteiger charge is 2.33. The molecule has 2 rings (SSSR count). The smallest absolute Gasteiger partial charge is 0.200 e. The minimum Gasteiger partial charge on any atom is -0.506 e. The van der Waals surface area contributed by atoms with E-state index in [1.807, 2.05) is 6.92 Å². The van der Waals surface area contributed by atoms with Gasteiger partial charge in [-0.1, -0.05) is 6.08 Å². The molecule has 1 N–H and O–H groups in total. The monoisotopic (exact) mass is 201 g/mol. The van der Waals surface area contributed by atoms with E-state index in [0.29, 0.717) is 11.1 Å². The highest BCUT2D eigenvalue weighted by atomic mass is 16.3. The lowest BCUT2D eigenvalue weighted by Gasteiger charge is -2.20. The number of Topliss-reactive ketones (excluding diaryl/α,β-unsaturated/α-hetero) is 1. The summed E-state index contributed by atoms with van der Waals surface area (Å²) in [5, 5.41) is 9.65. The van der Waals surface area contributed by atoms with Crippen molar-refractivity contribution < 1.29 is 9.90 Å².